The average Bonchev–Trinajstić information content (AvgIpc) is 2.68. The normalized spacial score (nSPS) is 10.9. The van der Waals surface area contributed by atoms with E-state index in [1.54, 1.807) is 25.3 Å². The molecule has 6 nitrogen and oxygen atoms in total. The first-order valence-electron chi connectivity index (χ1n) is 8.49. The van der Waals surface area contributed by atoms with E-state index >= 15 is 0 Å². The summed E-state index contributed by atoms with van der Waals surface area (Å²) in [7, 11) is 3.10. The third kappa shape index (κ3) is 5.02. The summed E-state index contributed by atoms with van der Waals surface area (Å²) in [4.78, 5) is 12.5. The number of benzene rings is 2. The zero-order chi connectivity index (χ0) is 19.8. The first-order chi connectivity index (χ1) is 13.0. The fourth-order valence-corrected chi connectivity index (χ4v) is 2.52. The first-order valence-corrected chi connectivity index (χ1v) is 8.49. The highest BCUT2D eigenvalue weighted by Gasteiger charge is 2.13. The number of nitriles is 1. The molecular weight excluding hydrogens is 342 g/mol. The number of hydrogen-bond donors (Lipinski definition) is 2. The predicted molar refractivity (Wildman–Crippen MR) is 106 cm³/mol. The lowest BCUT2D eigenvalue weighted by Gasteiger charge is -2.13. The molecule has 0 aliphatic carbocycles. The highest BCUT2D eigenvalue weighted by atomic mass is 16.5. The van der Waals surface area contributed by atoms with Gasteiger partial charge in [0.2, 0.25) is 0 Å². The zero-order valence-corrected chi connectivity index (χ0v) is 15.9. The van der Waals surface area contributed by atoms with Gasteiger partial charge < -0.3 is 20.1 Å². The summed E-state index contributed by atoms with van der Waals surface area (Å²) >= 11 is 0. The Morgan fingerprint density at radius 1 is 1.11 bits per heavy atom. The topological polar surface area (TPSA) is 83.4 Å². The van der Waals surface area contributed by atoms with Gasteiger partial charge in [0.15, 0.2) is 0 Å². The zero-order valence-electron chi connectivity index (χ0n) is 15.9. The van der Waals surface area contributed by atoms with Crippen molar-refractivity contribution in [1.29, 1.82) is 5.26 Å². The summed E-state index contributed by atoms with van der Waals surface area (Å²) in [5, 5.41) is 15.1. The standard InChI is InChI=1S/C21H23N3O3/c1-14(2)17-7-5-6-8-18(17)24-21(25)15(12-22)13-23-19-10-9-16(26-3)11-20(19)27-4/h5-11,13-14,23H,1-4H3,(H,24,25)/b15-13-. The Hall–Kier alpha value is -3.46. The number of carbonyl (C=O) groups excluding carboxylic acids is 1. The number of carbonyl (C=O) groups is 1. The van der Waals surface area contributed by atoms with Crippen LogP contribution in [0.3, 0.4) is 0 Å². The minimum absolute atomic E-state index is 0.0496. The van der Waals surface area contributed by atoms with Crippen LogP contribution in [-0.4, -0.2) is 20.1 Å². The highest BCUT2D eigenvalue weighted by Crippen LogP contribution is 2.29. The molecule has 0 fully saturated rings. The van der Waals surface area contributed by atoms with Crippen molar-refractivity contribution in [3.63, 3.8) is 0 Å². The van der Waals surface area contributed by atoms with Crippen molar-refractivity contribution in [3.8, 4) is 17.6 Å². The molecular formula is C21H23N3O3. The number of ether oxygens (including phenoxy) is 2. The molecule has 0 radical (unpaired) electrons. The second-order valence-electron chi connectivity index (χ2n) is 6.08. The Morgan fingerprint density at radius 3 is 2.48 bits per heavy atom. The van der Waals surface area contributed by atoms with Gasteiger partial charge >= 0.3 is 0 Å². The van der Waals surface area contributed by atoms with Crippen molar-refractivity contribution in [2.45, 2.75) is 19.8 Å². The van der Waals surface area contributed by atoms with Gasteiger partial charge in [0.1, 0.15) is 23.1 Å². The molecule has 0 bridgehead atoms. The third-order valence-electron chi connectivity index (χ3n) is 3.98. The van der Waals surface area contributed by atoms with Gasteiger partial charge in [-0.1, -0.05) is 32.0 Å². The van der Waals surface area contributed by atoms with E-state index in [2.05, 4.69) is 10.6 Å². The molecule has 27 heavy (non-hydrogen) atoms. The monoisotopic (exact) mass is 365 g/mol. The van der Waals surface area contributed by atoms with E-state index in [1.807, 2.05) is 44.2 Å². The van der Waals surface area contributed by atoms with E-state index in [4.69, 9.17) is 9.47 Å². The fourth-order valence-electron chi connectivity index (χ4n) is 2.52. The predicted octanol–water partition coefficient (Wildman–Crippen LogP) is 4.29. The molecule has 6 heteroatoms. The molecule has 1 amide bonds. The molecule has 0 aliphatic rings. The van der Waals surface area contributed by atoms with E-state index < -0.39 is 5.91 Å². The van der Waals surface area contributed by atoms with Gasteiger partial charge in [-0.3, -0.25) is 4.79 Å². The fraction of sp³-hybridized carbons (Fsp3) is 0.238. The van der Waals surface area contributed by atoms with Crippen LogP contribution in [0.1, 0.15) is 25.3 Å². The minimum Gasteiger partial charge on any atom is -0.497 e. The van der Waals surface area contributed by atoms with Crippen molar-refractivity contribution in [3.05, 3.63) is 59.8 Å². The average molecular weight is 365 g/mol. The number of anilines is 2. The second-order valence-corrected chi connectivity index (χ2v) is 6.08. The Kier molecular flexibility index (Phi) is 6.84. The lowest BCUT2D eigenvalue weighted by atomic mass is 10.0. The van der Waals surface area contributed by atoms with Crippen molar-refractivity contribution < 1.29 is 14.3 Å². The van der Waals surface area contributed by atoms with Gasteiger partial charge in [0.25, 0.3) is 5.91 Å². The van der Waals surface area contributed by atoms with Crippen molar-refractivity contribution in [2.24, 2.45) is 0 Å². The van der Waals surface area contributed by atoms with Crippen LogP contribution >= 0.6 is 0 Å². The van der Waals surface area contributed by atoms with Gasteiger partial charge in [-0.05, 0) is 29.7 Å². The summed E-state index contributed by atoms with van der Waals surface area (Å²) in [5.74, 6) is 0.946. The summed E-state index contributed by atoms with van der Waals surface area (Å²) in [5.41, 5.74) is 2.27. The van der Waals surface area contributed by atoms with Crippen molar-refractivity contribution >= 4 is 17.3 Å². The lowest BCUT2D eigenvalue weighted by molar-refractivity contribution is -0.112. The lowest BCUT2D eigenvalue weighted by Crippen LogP contribution is -2.16. The number of amides is 1. The van der Waals surface area contributed by atoms with Gasteiger partial charge in [0.05, 0.1) is 19.9 Å². The van der Waals surface area contributed by atoms with Crippen LogP contribution in [0.15, 0.2) is 54.2 Å². The smallest absolute Gasteiger partial charge is 0.267 e. The van der Waals surface area contributed by atoms with Crippen LogP contribution in [0.25, 0.3) is 0 Å². The molecule has 0 spiro atoms. The van der Waals surface area contributed by atoms with Gasteiger partial charge in [-0.2, -0.15) is 5.26 Å². The number of rotatable bonds is 7. The van der Waals surface area contributed by atoms with Crippen LogP contribution in [0, 0.1) is 11.3 Å². The largest absolute Gasteiger partial charge is 0.497 e. The van der Waals surface area contributed by atoms with E-state index in [9.17, 15) is 10.1 Å². The van der Waals surface area contributed by atoms with Gasteiger partial charge in [-0.15, -0.1) is 0 Å². The Balaban J connectivity index is 2.20. The first kappa shape index (κ1) is 19.9. The molecule has 0 aliphatic heterocycles. The van der Waals surface area contributed by atoms with Gasteiger partial charge in [0, 0.05) is 18.0 Å². The molecule has 2 aromatic carbocycles. The number of hydrogen-bond acceptors (Lipinski definition) is 5. The van der Waals surface area contributed by atoms with E-state index in [0.29, 0.717) is 22.9 Å². The van der Waals surface area contributed by atoms with E-state index in [1.165, 1.54) is 13.3 Å². The molecule has 0 heterocycles. The van der Waals surface area contributed by atoms with Crippen LogP contribution in [0.2, 0.25) is 0 Å². The van der Waals surface area contributed by atoms with Crippen molar-refractivity contribution in [1.82, 2.24) is 0 Å². The maximum atomic E-state index is 12.5. The quantitative estimate of drug-likeness (QED) is 0.565. The maximum Gasteiger partial charge on any atom is 0.267 e. The Morgan fingerprint density at radius 2 is 1.85 bits per heavy atom. The molecule has 0 saturated heterocycles. The molecule has 2 rings (SSSR count). The summed E-state index contributed by atoms with van der Waals surface area (Å²) in [6.07, 6.45) is 1.36. The summed E-state index contributed by atoms with van der Waals surface area (Å²) < 4.78 is 10.5. The SMILES string of the molecule is COc1ccc(N/C=C(/C#N)C(=O)Nc2ccccc2C(C)C)c(OC)c1. The third-order valence-corrected chi connectivity index (χ3v) is 3.98. The van der Waals surface area contributed by atoms with Crippen molar-refractivity contribution in [2.75, 3.05) is 24.9 Å². The molecule has 2 N–H and O–H groups in total. The summed E-state index contributed by atoms with van der Waals surface area (Å²) in [6, 6.07) is 14.7. The second kappa shape index (κ2) is 9.30. The number of methoxy groups -OCH3 is 2. The molecule has 0 aromatic heterocycles. The number of nitrogens with one attached hydrogen (secondary N) is 2. The number of para-hydroxylation sites is 1. The van der Waals surface area contributed by atoms with Crippen LogP contribution in [0.4, 0.5) is 11.4 Å². The van der Waals surface area contributed by atoms with Crippen LogP contribution in [-0.2, 0) is 4.79 Å². The minimum atomic E-state index is -0.481. The molecule has 140 valence electrons. The van der Waals surface area contributed by atoms with Crippen LogP contribution < -0.4 is 20.1 Å². The van der Waals surface area contributed by atoms with E-state index in [-0.39, 0.29) is 11.5 Å². The van der Waals surface area contributed by atoms with Crippen LogP contribution in [0.5, 0.6) is 11.5 Å². The molecule has 2 aromatic rings. The summed E-state index contributed by atoms with van der Waals surface area (Å²) in [6.45, 7) is 4.09. The number of nitrogens with zero attached hydrogens (tertiary/aromatic N) is 1. The molecule has 0 atom stereocenters. The molecule has 0 unspecified atom stereocenters. The van der Waals surface area contributed by atoms with E-state index in [0.717, 1.165) is 5.56 Å². The Bertz CT molecular complexity index is 882. The van der Waals surface area contributed by atoms with Gasteiger partial charge in [-0.25, -0.2) is 0 Å². The highest BCUT2D eigenvalue weighted by molar-refractivity contribution is 6.07. The maximum absolute atomic E-state index is 12.5. The Labute approximate surface area is 159 Å². The molecule has 0 saturated carbocycles.